The molecule has 3 N–H and O–H groups in total. The Morgan fingerprint density at radius 1 is 1.64 bits per heavy atom. The van der Waals surface area contributed by atoms with E-state index in [-0.39, 0.29) is 12.5 Å². The third kappa shape index (κ3) is 4.01. The topological polar surface area (TPSA) is 104 Å². The molecular formula is C6H10N4O3S. The van der Waals surface area contributed by atoms with Crippen LogP contribution in [0.2, 0.25) is 0 Å². The number of H-pyrrole nitrogens is 1. The summed E-state index contributed by atoms with van der Waals surface area (Å²) < 4.78 is 23.3. The van der Waals surface area contributed by atoms with Gasteiger partial charge in [-0.3, -0.25) is 10.1 Å². The number of imidazole rings is 1. The molecule has 0 radical (unpaired) electrons. The molecule has 0 atom stereocenters. The molecule has 78 valence electrons. The van der Waals surface area contributed by atoms with Gasteiger partial charge in [-0.15, -0.1) is 0 Å². The van der Waals surface area contributed by atoms with Gasteiger partial charge in [0.1, 0.15) is 0 Å². The van der Waals surface area contributed by atoms with E-state index in [0.717, 1.165) is 6.26 Å². The molecule has 1 aromatic heterocycles. The fraction of sp³-hybridized carbons (Fsp3) is 0.333. The zero-order chi connectivity index (χ0) is 10.6. The van der Waals surface area contributed by atoms with Crippen LogP contribution in [0.15, 0.2) is 12.4 Å². The number of hydrogen-bond acceptors (Lipinski definition) is 4. The maximum Gasteiger partial charge on any atom is 0.241 e. The van der Waals surface area contributed by atoms with Crippen molar-refractivity contribution in [2.24, 2.45) is 0 Å². The molecule has 0 aliphatic carbocycles. The number of rotatable bonds is 4. The van der Waals surface area contributed by atoms with Crippen molar-refractivity contribution in [1.29, 1.82) is 0 Å². The minimum absolute atomic E-state index is 0.283. The average Bonchev–Trinajstić information content (AvgIpc) is 2.52. The van der Waals surface area contributed by atoms with Gasteiger partial charge in [0.15, 0.2) is 0 Å². The Morgan fingerprint density at radius 2 is 2.36 bits per heavy atom. The van der Waals surface area contributed by atoms with Gasteiger partial charge >= 0.3 is 0 Å². The second-order valence-electron chi connectivity index (χ2n) is 2.58. The van der Waals surface area contributed by atoms with Gasteiger partial charge in [0, 0.05) is 12.4 Å². The number of sulfonamides is 1. The van der Waals surface area contributed by atoms with Gasteiger partial charge < -0.3 is 4.98 Å². The molecule has 1 heterocycles. The summed E-state index contributed by atoms with van der Waals surface area (Å²) in [6, 6.07) is 0. The van der Waals surface area contributed by atoms with Crippen molar-refractivity contribution < 1.29 is 13.2 Å². The first-order valence-corrected chi connectivity index (χ1v) is 5.60. The molecule has 0 aliphatic rings. The molecule has 0 aliphatic heterocycles. The average molecular weight is 218 g/mol. The lowest BCUT2D eigenvalue weighted by atomic mass is 10.6. The Kier molecular flexibility index (Phi) is 3.20. The van der Waals surface area contributed by atoms with E-state index in [2.05, 4.69) is 20.0 Å². The number of nitrogens with zero attached hydrogens (tertiary/aromatic N) is 1. The Hall–Kier alpha value is -1.41. The van der Waals surface area contributed by atoms with Gasteiger partial charge in [0.2, 0.25) is 21.9 Å². The molecule has 0 bridgehead atoms. The minimum Gasteiger partial charge on any atom is -0.331 e. The van der Waals surface area contributed by atoms with Crippen LogP contribution >= 0.6 is 0 Å². The van der Waals surface area contributed by atoms with Crippen molar-refractivity contribution in [3.63, 3.8) is 0 Å². The molecule has 0 aromatic carbocycles. The summed E-state index contributed by atoms with van der Waals surface area (Å²) >= 11 is 0. The van der Waals surface area contributed by atoms with Crippen LogP contribution < -0.4 is 10.0 Å². The number of aromatic nitrogens is 2. The van der Waals surface area contributed by atoms with E-state index in [1.807, 2.05) is 0 Å². The molecule has 1 aromatic rings. The second kappa shape index (κ2) is 4.20. The lowest BCUT2D eigenvalue weighted by Gasteiger charge is -2.01. The summed E-state index contributed by atoms with van der Waals surface area (Å²) in [4.78, 5) is 17.4. The van der Waals surface area contributed by atoms with Gasteiger partial charge in [-0.1, -0.05) is 0 Å². The highest BCUT2D eigenvalue weighted by molar-refractivity contribution is 7.88. The predicted octanol–water partition coefficient (Wildman–Crippen LogP) is -1.10. The molecule has 14 heavy (non-hydrogen) atoms. The second-order valence-corrected chi connectivity index (χ2v) is 4.41. The van der Waals surface area contributed by atoms with Crippen molar-refractivity contribution in [3.8, 4) is 0 Å². The maximum atomic E-state index is 11.1. The predicted molar refractivity (Wildman–Crippen MR) is 50.1 cm³/mol. The SMILES string of the molecule is CS(=O)(=O)NCC(=O)Nc1ncc[nH]1. The number of aromatic amines is 1. The van der Waals surface area contributed by atoms with E-state index in [9.17, 15) is 13.2 Å². The summed E-state index contributed by atoms with van der Waals surface area (Å²) in [5.41, 5.74) is 0. The van der Waals surface area contributed by atoms with Gasteiger partial charge in [-0.05, 0) is 0 Å². The molecular weight excluding hydrogens is 208 g/mol. The van der Waals surface area contributed by atoms with Crippen LogP contribution in [0, 0.1) is 0 Å². The zero-order valence-corrected chi connectivity index (χ0v) is 8.26. The van der Waals surface area contributed by atoms with Crippen molar-refractivity contribution in [1.82, 2.24) is 14.7 Å². The Bertz CT molecular complexity index is 397. The number of amides is 1. The van der Waals surface area contributed by atoms with Crippen LogP contribution in [-0.4, -0.2) is 37.1 Å². The summed E-state index contributed by atoms with van der Waals surface area (Å²) in [5.74, 6) is -0.198. The smallest absolute Gasteiger partial charge is 0.241 e. The van der Waals surface area contributed by atoms with Crippen molar-refractivity contribution in [2.75, 3.05) is 18.1 Å². The molecule has 1 rings (SSSR count). The van der Waals surface area contributed by atoms with E-state index in [4.69, 9.17) is 0 Å². The van der Waals surface area contributed by atoms with Crippen LogP contribution in [0.25, 0.3) is 0 Å². The van der Waals surface area contributed by atoms with Crippen molar-refractivity contribution in [3.05, 3.63) is 12.4 Å². The lowest BCUT2D eigenvalue weighted by Crippen LogP contribution is -2.32. The number of anilines is 1. The summed E-state index contributed by atoms with van der Waals surface area (Å²) in [5, 5.41) is 2.36. The molecule has 0 fully saturated rings. The van der Waals surface area contributed by atoms with Gasteiger partial charge in [0.05, 0.1) is 12.8 Å². The number of hydrogen-bond donors (Lipinski definition) is 3. The molecule has 0 saturated heterocycles. The van der Waals surface area contributed by atoms with Gasteiger partial charge in [-0.25, -0.2) is 18.1 Å². The summed E-state index contributed by atoms with van der Waals surface area (Å²) in [7, 11) is -3.34. The molecule has 1 amide bonds. The molecule has 0 unspecified atom stereocenters. The standard InChI is InChI=1S/C6H10N4O3S/c1-14(12,13)9-4-5(11)10-6-7-2-3-8-6/h2-3,9H,4H2,1H3,(H2,7,8,10,11). The molecule has 7 nitrogen and oxygen atoms in total. The van der Waals surface area contributed by atoms with E-state index >= 15 is 0 Å². The first-order chi connectivity index (χ1) is 6.47. The number of carbonyl (C=O) groups excluding carboxylic acids is 1. The fourth-order valence-corrected chi connectivity index (χ4v) is 1.10. The first-order valence-electron chi connectivity index (χ1n) is 3.71. The van der Waals surface area contributed by atoms with Crippen LogP contribution in [0.3, 0.4) is 0 Å². The molecule has 0 saturated carbocycles. The number of carbonyl (C=O) groups is 1. The minimum atomic E-state index is -3.34. The zero-order valence-electron chi connectivity index (χ0n) is 7.44. The third-order valence-electron chi connectivity index (χ3n) is 1.25. The van der Waals surface area contributed by atoms with E-state index < -0.39 is 15.9 Å². The molecule has 0 spiro atoms. The Balaban J connectivity index is 2.38. The largest absolute Gasteiger partial charge is 0.331 e. The molecule has 8 heteroatoms. The van der Waals surface area contributed by atoms with Gasteiger partial charge in [0.25, 0.3) is 0 Å². The summed E-state index contributed by atoms with van der Waals surface area (Å²) in [6.45, 7) is -0.306. The highest BCUT2D eigenvalue weighted by atomic mass is 32.2. The van der Waals surface area contributed by atoms with Crippen LogP contribution in [0.4, 0.5) is 5.95 Å². The van der Waals surface area contributed by atoms with Crippen molar-refractivity contribution in [2.45, 2.75) is 0 Å². The maximum absolute atomic E-state index is 11.1. The summed E-state index contributed by atoms with van der Waals surface area (Å²) in [6.07, 6.45) is 3.99. The van der Waals surface area contributed by atoms with E-state index in [1.54, 1.807) is 6.20 Å². The quantitative estimate of drug-likeness (QED) is 0.596. The fourth-order valence-electron chi connectivity index (χ4n) is 0.707. The normalized spacial score (nSPS) is 11.2. The van der Waals surface area contributed by atoms with E-state index in [1.165, 1.54) is 6.20 Å². The Morgan fingerprint density at radius 3 is 2.86 bits per heavy atom. The first kappa shape index (κ1) is 10.7. The highest BCUT2D eigenvalue weighted by Crippen LogP contribution is 1.93. The third-order valence-corrected chi connectivity index (χ3v) is 1.92. The monoisotopic (exact) mass is 218 g/mol. The van der Waals surface area contributed by atoms with Crippen LogP contribution in [0.1, 0.15) is 0 Å². The van der Waals surface area contributed by atoms with Crippen LogP contribution in [-0.2, 0) is 14.8 Å². The lowest BCUT2D eigenvalue weighted by molar-refractivity contribution is -0.115. The van der Waals surface area contributed by atoms with Gasteiger partial charge in [-0.2, -0.15) is 0 Å². The van der Waals surface area contributed by atoms with E-state index in [0.29, 0.717) is 0 Å². The number of nitrogens with one attached hydrogen (secondary N) is 3. The van der Waals surface area contributed by atoms with Crippen molar-refractivity contribution >= 4 is 21.9 Å². The van der Waals surface area contributed by atoms with Crippen LogP contribution in [0.5, 0.6) is 0 Å². The Labute approximate surface area is 81.0 Å². The highest BCUT2D eigenvalue weighted by Gasteiger charge is 2.06.